The second-order valence-electron chi connectivity index (χ2n) is 16.4. The van der Waals surface area contributed by atoms with E-state index in [2.05, 4.69) is 9.98 Å². The number of rotatable bonds is 12. The fraction of sp³-hybridized carbons (Fsp3) is 0.422. The second-order valence-corrected chi connectivity index (χ2v) is 16.4. The number of aliphatic imine (C=N–C) groups is 2. The quantitative estimate of drug-likeness (QED) is 0.0722. The number of carboxylic acid groups (broad SMARTS) is 1. The Hall–Kier alpha value is -5.46. The number of aliphatic hydroxyl groups is 6. The number of hydrogen-bond donors (Lipinski definition) is 9. The monoisotopic (exact) mass is 839 g/mol. The van der Waals surface area contributed by atoms with E-state index < -0.39 is 83.2 Å². The maximum absolute atomic E-state index is 14.9. The van der Waals surface area contributed by atoms with E-state index in [1.54, 1.807) is 24.4 Å². The first-order chi connectivity index (χ1) is 29.3. The van der Waals surface area contributed by atoms with E-state index in [1.165, 1.54) is 24.3 Å². The van der Waals surface area contributed by atoms with E-state index in [4.69, 9.17) is 9.47 Å². The van der Waals surface area contributed by atoms with Gasteiger partial charge in [-0.05, 0) is 72.2 Å². The van der Waals surface area contributed by atoms with E-state index in [-0.39, 0.29) is 36.4 Å². The summed E-state index contributed by atoms with van der Waals surface area (Å²) in [6.45, 7) is -0.907. The van der Waals surface area contributed by atoms with Crippen LogP contribution in [-0.4, -0.2) is 126 Å². The van der Waals surface area contributed by atoms with E-state index in [0.717, 1.165) is 35.8 Å². The van der Waals surface area contributed by atoms with Crippen molar-refractivity contribution in [3.8, 4) is 17.2 Å². The summed E-state index contributed by atoms with van der Waals surface area (Å²) < 4.78 is 11.0. The van der Waals surface area contributed by atoms with Gasteiger partial charge in [0, 0.05) is 48.3 Å². The van der Waals surface area contributed by atoms with Gasteiger partial charge in [0.15, 0.2) is 23.1 Å². The fourth-order valence-corrected chi connectivity index (χ4v) is 10.3. The smallest absolute Gasteiger partial charge is 0.355 e. The van der Waals surface area contributed by atoms with E-state index in [0.29, 0.717) is 41.9 Å². The molecule has 0 aromatic heterocycles. The molecule has 3 aliphatic heterocycles. The molecule has 8 rings (SSSR count). The Morgan fingerprint density at radius 1 is 0.934 bits per heavy atom. The SMILES string of the molecule is O=C(C=Cc1ccc(O)c(CC2=NCN=C2)c1)N1c2cc(OC3(O)OC(CO)C(O)C(O)C3O)c(O)cc2C2C(C3(c4ccccc4)CCCCC3)C(CCO)=CC21C(=O)O. The Bertz CT molecular complexity index is 2310. The molecule has 2 aliphatic carbocycles. The molecule has 0 bridgehead atoms. The van der Waals surface area contributed by atoms with Crippen LogP contribution in [0.4, 0.5) is 5.69 Å². The number of fused-ring (bicyclic) bond motifs is 3. The Morgan fingerprint density at radius 2 is 1.69 bits per heavy atom. The molecule has 2 fully saturated rings. The van der Waals surface area contributed by atoms with Crippen LogP contribution in [0, 0.1) is 5.92 Å². The van der Waals surface area contributed by atoms with Gasteiger partial charge in [0.2, 0.25) is 0 Å². The minimum absolute atomic E-state index is 0.00891. The number of aromatic hydroxyl groups is 2. The maximum Gasteiger partial charge on any atom is 0.355 e. The van der Waals surface area contributed by atoms with Gasteiger partial charge >= 0.3 is 11.9 Å². The van der Waals surface area contributed by atoms with Crippen molar-refractivity contribution in [2.45, 2.75) is 92.2 Å². The van der Waals surface area contributed by atoms with Gasteiger partial charge in [-0.1, -0.05) is 61.2 Å². The molecule has 1 saturated heterocycles. The summed E-state index contributed by atoms with van der Waals surface area (Å²) in [6.07, 6.45) is 2.39. The number of carboxylic acids is 1. The predicted molar refractivity (Wildman–Crippen MR) is 220 cm³/mol. The molecular weight excluding hydrogens is 791 g/mol. The van der Waals surface area contributed by atoms with Crippen LogP contribution in [0.5, 0.6) is 17.2 Å². The molecule has 1 saturated carbocycles. The number of carbonyl (C=O) groups excluding carboxylic acids is 1. The Kier molecular flexibility index (Phi) is 11.4. The summed E-state index contributed by atoms with van der Waals surface area (Å²) in [4.78, 5) is 38.6. The molecule has 1 amide bonds. The third-order valence-electron chi connectivity index (χ3n) is 13.0. The summed E-state index contributed by atoms with van der Waals surface area (Å²) >= 11 is 0. The molecule has 16 heteroatoms. The average Bonchev–Trinajstić information content (AvgIpc) is 3.96. The predicted octanol–water partition coefficient (Wildman–Crippen LogP) is 2.43. The van der Waals surface area contributed by atoms with Gasteiger partial charge in [-0.25, -0.2) is 4.79 Å². The van der Waals surface area contributed by atoms with Crippen molar-refractivity contribution in [2.75, 3.05) is 24.8 Å². The fourth-order valence-electron chi connectivity index (χ4n) is 10.3. The lowest BCUT2D eigenvalue weighted by molar-refractivity contribution is -0.422. The summed E-state index contributed by atoms with van der Waals surface area (Å²) in [7, 11) is 0. The summed E-state index contributed by atoms with van der Waals surface area (Å²) in [5.41, 5.74) is 0.776. The Labute approximate surface area is 350 Å². The summed E-state index contributed by atoms with van der Waals surface area (Å²) in [5, 5.41) is 97.2. The topological polar surface area (TPSA) is 263 Å². The highest BCUT2D eigenvalue weighted by molar-refractivity contribution is 6.32. The highest BCUT2D eigenvalue weighted by Gasteiger charge is 2.67. The molecule has 3 aromatic rings. The van der Waals surface area contributed by atoms with Crippen molar-refractivity contribution >= 4 is 35.6 Å². The number of nitrogens with zero attached hydrogens (tertiary/aromatic N) is 3. The maximum atomic E-state index is 14.9. The number of aliphatic carboxylic acids is 1. The summed E-state index contributed by atoms with van der Waals surface area (Å²) in [5.74, 6) is -8.17. The zero-order valence-corrected chi connectivity index (χ0v) is 33.1. The van der Waals surface area contributed by atoms with Crippen molar-refractivity contribution in [1.29, 1.82) is 0 Å². The standard InChI is InChI=1S/C45H49N3O13/c49-16-13-26-21-44(42(57)58)38(37(26)43(14-5-2-6-15-43)28-7-3-1-4-8-28)30-19-33(52)34(60-45(59)41(56)40(55)39(54)35(23-50)61-45)20-31(30)48(44)36(53)12-10-25-9-11-32(51)27(17-25)18-29-22-46-24-47-29/h1,3-4,7-12,17,19-22,35,37-41,49-52,54-56,59H,2,5-6,13-16,18,23-24H2,(H,57,58). The lowest BCUT2D eigenvalue weighted by atomic mass is 9.56. The van der Waals surface area contributed by atoms with Gasteiger partial charge in [0.25, 0.3) is 5.91 Å². The molecule has 61 heavy (non-hydrogen) atoms. The van der Waals surface area contributed by atoms with Crippen LogP contribution in [0.15, 0.2) is 88.4 Å². The lowest BCUT2D eigenvalue weighted by Crippen LogP contribution is -2.67. The van der Waals surface area contributed by atoms with E-state index >= 15 is 0 Å². The third-order valence-corrected chi connectivity index (χ3v) is 13.0. The number of phenolic OH excluding ortho intramolecular Hbond substituents is 2. The molecule has 16 nitrogen and oxygen atoms in total. The van der Waals surface area contributed by atoms with Crippen molar-refractivity contribution in [3.63, 3.8) is 0 Å². The van der Waals surface area contributed by atoms with E-state index in [1.807, 2.05) is 30.3 Å². The zero-order valence-electron chi connectivity index (χ0n) is 33.1. The van der Waals surface area contributed by atoms with Gasteiger partial charge in [0.1, 0.15) is 30.7 Å². The molecule has 3 heterocycles. The van der Waals surface area contributed by atoms with Gasteiger partial charge in [-0.3, -0.25) is 19.7 Å². The zero-order chi connectivity index (χ0) is 43.3. The first kappa shape index (κ1) is 42.2. The van der Waals surface area contributed by atoms with E-state index in [9.17, 15) is 55.5 Å². The van der Waals surface area contributed by atoms with Crippen LogP contribution >= 0.6 is 0 Å². The Morgan fingerprint density at radius 3 is 2.36 bits per heavy atom. The second kappa shape index (κ2) is 16.4. The number of aliphatic hydroxyl groups excluding tert-OH is 5. The number of phenols is 2. The number of amides is 1. The molecular formula is C45H49N3O13. The first-order valence-electron chi connectivity index (χ1n) is 20.4. The normalized spacial score (nSPS) is 30.2. The molecule has 0 radical (unpaired) electrons. The molecule has 5 aliphatic rings. The van der Waals surface area contributed by atoms with Crippen LogP contribution in [-0.2, 0) is 26.2 Å². The van der Waals surface area contributed by atoms with Crippen LogP contribution in [0.25, 0.3) is 6.08 Å². The molecule has 322 valence electrons. The van der Waals surface area contributed by atoms with Gasteiger partial charge < -0.3 is 55.4 Å². The van der Waals surface area contributed by atoms with Crippen molar-refractivity contribution in [1.82, 2.24) is 0 Å². The van der Waals surface area contributed by atoms with Crippen LogP contribution in [0.1, 0.15) is 66.7 Å². The highest BCUT2D eigenvalue weighted by Crippen LogP contribution is 2.66. The molecule has 0 spiro atoms. The third kappa shape index (κ3) is 7.11. The lowest BCUT2D eigenvalue weighted by Gasteiger charge is -2.47. The number of carbonyl (C=O) groups is 2. The minimum Gasteiger partial charge on any atom is -0.508 e. The van der Waals surface area contributed by atoms with Gasteiger partial charge in [-0.2, -0.15) is 0 Å². The first-order valence-corrected chi connectivity index (χ1v) is 20.4. The summed E-state index contributed by atoms with van der Waals surface area (Å²) in [6, 6.07) is 16.9. The molecule has 9 N–H and O–H groups in total. The largest absolute Gasteiger partial charge is 0.508 e. The van der Waals surface area contributed by atoms with Crippen LogP contribution in [0.2, 0.25) is 0 Å². The van der Waals surface area contributed by atoms with Gasteiger partial charge in [0.05, 0.1) is 18.0 Å². The number of anilines is 1. The van der Waals surface area contributed by atoms with Crippen molar-refractivity contribution in [2.24, 2.45) is 15.9 Å². The molecule has 8 unspecified atom stereocenters. The average molecular weight is 840 g/mol. The van der Waals surface area contributed by atoms with Crippen LogP contribution < -0.4 is 9.64 Å². The van der Waals surface area contributed by atoms with Crippen LogP contribution in [0.3, 0.4) is 0 Å². The molecule has 8 atom stereocenters. The number of hydrogen-bond acceptors (Lipinski definition) is 14. The number of ether oxygens (including phenoxy) is 2. The Balaban J connectivity index is 1.29. The van der Waals surface area contributed by atoms with Crippen molar-refractivity contribution in [3.05, 3.63) is 101 Å². The van der Waals surface area contributed by atoms with Gasteiger partial charge in [-0.15, -0.1) is 0 Å². The molecule has 3 aromatic carbocycles. The van der Waals surface area contributed by atoms with Crippen molar-refractivity contribution < 1.29 is 65.0 Å². The highest BCUT2D eigenvalue weighted by atomic mass is 16.8. The minimum atomic E-state index is -3.14. The number of benzene rings is 3.